The minimum absolute atomic E-state index is 0.0519. The van der Waals surface area contributed by atoms with E-state index < -0.39 is 5.97 Å². The molecule has 0 aromatic rings. The molecular formula is C14H31NO4. The number of ether oxygens (including phenoxy) is 2. The van der Waals surface area contributed by atoms with Gasteiger partial charge in [-0.15, -0.1) is 0 Å². The van der Waals surface area contributed by atoms with Gasteiger partial charge in [0.05, 0.1) is 46.0 Å². The van der Waals surface area contributed by atoms with Gasteiger partial charge in [-0.05, 0) is 27.7 Å². The fourth-order valence-electron chi connectivity index (χ4n) is 1.74. The lowest BCUT2D eigenvalue weighted by atomic mass is 10.3. The van der Waals surface area contributed by atoms with Crippen molar-refractivity contribution in [1.82, 2.24) is 0 Å². The van der Waals surface area contributed by atoms with E-state index >= 15 is 0 Å². The number of carboxylic acid groups (broad SMARTS) is 1. The molecule has 116 valence electrons. The molecule has 0 rings (SSSR count). The highest BCUT2D eigenvalue weighted by Crippen LogP contribution is 2.03. The second-order valence-electron chi connectivity index (χ2n) is 4.33. The molecule has 0 aliphatic carbocycles. The molecule has 5 nitrogen and oxygen atoms in total. The van der Waals surface area contributed by atoms with E-state index in [9.17, 15) is 9.90 Å². The molecular weight excluding hydrogens is 246 g/mol. The van der Waals surface area contributed by atoms with E-state index in [1.54, 1.807) is 7.11 Å². The van der Waals surface area contributed by atoms with Crippen LogP contribution in [0.2, 0.25) is 0 Å². The lowest BCUT2D eigenvalue weighted by Gasteiger charge is -2.34. The lowest BCUT2D eigenvalue weighted by molar-refractivity contribution is -0.921. The minimum Gasteiger partial charge on any atom is -0.550 e. The van der Waals surface area contributed by atoms with Gasteiger partial charge in [0.15, 0.2) is 0 Å². The zero-order valence-electron chi connectivity index (χ0n) is 13.2. The average Bonchev–Trinajstić information content (AvgIpc) is 2.42. The van der Waals surface area contributed by atoms with Crippen LogP contribution in [-0.2, 0) is 14.3 Å². The maximum absolute atomic E-state index is 9.81. The van der Waals surface area contributed by atoms with Crippen LogP contribution in [0.15, 0.2) is 0 Å². The number of rotatable bonds is 10. The zero-order valence-corrected chi connectivity index (χ0v) is 13.2. The van der Waals surface area contributed by atoms with Crippen LogP contribution in [0, 0.1) is 0 Å². The van der Waals surface area contributed by atoms with E-state index in [-0.39, 0.29) is 13.0 Å². The Morgan fingerprint density at radius 1 is 0.947 bits per heavy atom. The van der Waals surface area contributed by atoms with Crippen molar-refractivity contribution < 1.29 is 23.9 Å². The summed E-state index contributed by atoms with van der Waals surface area (Å²) in [5.74, 6) is -1.09. The van der Waals surface area contributed by atoms with Crippen LogP contribution < -0.4 is 5.11 Å². The molecule has 19 heavy (non-hydrogen) atoms. The van der Waals surface area contributed by atoms with Crippen molar-refractivity contribution in [2.45, 2.75) is 34.1 Å². The highest BCUT2D eigenvalue weighted by atomic mass is 16.5. The van der Waals surface area contributed by atoms with Gasteiger partial charge in [0.25, 0.3) is 0 Å². The van der Waals surface area contributed by atoms with Crippen LogP contribution in [0.5, 0.6) is 0 Å². The molecule has 0 saturated heterocycles. The fourth-order valence-corrected chi connectivity index (χ4v) is 1.74. The summed E-state index contributed by atoms with van der Waals surface area (Å²) in [4.78, 5) is 9.81. The third kappa shape index (κ3) is 12.1. The zero-order chi connectivity index (χ0) is 15.1. The first-order valence-electron chi connectivity index (χ1n) is 7.13. The van der Waals surface area contributed by atoms with Crippen molar-refractivity contribution in [1.29, 1.82) is 0 Å². The number of aliphatic carboxylic acids is 1. The van der Waals surface area contributed by atoms with Gasteiger partial charge in [0, 0.05) is 19.5 Å². The molecule has 0 aliphatic heterocycles. The molecule has 0 aromatic heterocycles. The quantitative estimate of drug-likeness (QED) is 0.435. The molecule has 0 atom stereocenters. The van der Waals surface area contributed by atoms with Crippen molar-refractivity contribution >= 4 is 5.97 Å². The van der Waals surface area contributed by atoms with E-state index in [0.717, 1.165) is 0 Å². The van der Waals surface area contributed by atoms with E-state index in [4.69, 9.17) is 4.74 Å². The Bertz CT molecular complexity index is 188. The predicted molar refractivity (Wildman–Crippen MR) is 74.7 cm³/mol. The Balaban J connectivity index is 0. The van der Waals surface area contributed by atoms with Crippen LogP contribution in [-0.4, -0.2) is 63.6 Å². The molecule has 0 unspecified atom stereocenters. The number of methoxy groups -OCH3 is 1. The Labute approximate surface area is 118 Å². The molecule has 0 heterocycles. The first kappa shape index (κ1) is 20.7. The highest BCUT2D eigenvalue weighted by Gasteiger charge is 2.16. The minimum atomic E-state index is -1.09. The summed E-state index contributed by atoms with van der Waals surface area (Å²) in [5, 5.41) is 9.81. The number of hydrogen-bond donors (Lipinski definition) is 0. The maximum atomic E-state index is 9.81. The summed E-state index contributed by atoms with van der Waals surface area (Å²) in [6.45, 7) is 15.3. The van der Waals surface area contributed by atoms with Gasteiger partial charge in [-0.25, -0.2) is 0 Å². The van der Waals surface area contributed by atoms with Gasteiger partial charge in [-0.1, -0.05) is 0 Å². The van der Waals surface area contributed by atoms with Gasteiger partial charge in [-0.2, -0.15) is 0 Å². The van der Waals surface area contributed by atoms with Crippen molar-refractivity contribution in [3.63, 3.8) is 0 Å². The molecule has 0 aliphatic rings. The number of carbonyl (C=O) groups excluding carboxylic acids is 1. The second kappa shape index (κ2) is 13.8. The van der Waals surface area contributed by atoms with Gasteiger partial charge in [0.2, 0.25) is 0 Å². The van der Waals surface area contributed by atoms with Crippen LogP contribution in [0.3, 0.4) is 0 Å². The van der Waals surface area contributed by atoms with Crippen LogP contribution in [0.25, 0.3) is 0 Å². The topological polar surface area (TPSA) is 58.6 Å². The van der Waals surface area contributed by atoms with Gasteiger partial charge >= 0.3 is 0 Å². The summed E-state index contributed by atoms with van der Waals surface area (Å²) in [5.41, 5.74) is 0. The molecule has 0 amide bonds. The van der Waals surface area contributed by atoms with Crippen LogP contribution >= 0.6 is 0 Å². The Morgan fingerprint density at radius 3 is 1.68 bits per heavy atom. The van der Waals surface area contributed by atoms with Crippen molar-refractivity contribution in [2.75, 3.05) is 53.1 Å². The average molecular weight is 277 g/mol. The molecule has 0 aromatic carbocycles. The smallest absolute Gasteiger partial charge is 0.0757 e. The number of quaternary nitrogens is 1. The number of nitrogens with zero attached hydrogens (tertiary/aromatic N) is 1. The van der Waals surface area contributed by atoms with Crippen LogP contribution in [0.4, 0.5) is 0 Å². The first-order chi connectivity index (χ1) is 9.01. The van der Waals surface area contributed by atoms with Crippen LogP contribution in [0.1, 0.15) is 34.1 Å². The van der Waals surface area contributed by atoms with E-state index in [1.165, 1.54) is 30.7 Å². The summed E-state index contributed by atoms with van der Waals surface area (Å²) < 4.78 is 10.8. The summed E-state index contributed by atoms with van der Waals surface area (Å²) in [6, 6.07) is 0. The molecule has 0 spiro atoms. The maximum Gasteiger partial charge on any atom is 0.0757 e. The van der Waals surface area contributed by atoms with E-state index in [2.05, 4.69) is 32.4 Å². The number of carboxylic acids is 1. The van der Waals surface area contributed by atoms with E-state index in [1.807, 2.05) is 0 Å². The highest BCUT2D eigenvalue weighted by molar-refractivity contribution is 5.64. The lowest BCUT2D eigenvalue weighted by Crippen LogP contribution is -2.47. The van der Waals surface area contributed by atoms with Crippen molar-refractivity contribution in [3.8, 4) is 0 Å². The summed E-state index contributed by atoms with van der Waals surface area (Å²) in [7, 11) is 1.56. The molecule has 0 bridgehead atoms. The number of hydrogen-bond acceptors (Lipinski definition) is 4. The molecule has 5 heteroatoms. The third-order valence-corrected chi connectivity index (χ3v) is 3.57. The number of carbonyl (C=O) groups is 1. The third-order valence-electron chi connectivity index (χ3n) is 3.57. The SMILES string of the molecule is CC[N+](CC)(CC)CC.COCCOCCC(=O)[O-]. The molecule has 0 saturated carbocycles. The Kier molecular flexibility index (Phi) is 15.0. The van der Waals surface area contributed by atoms with Crippen molar-refractivity contribution in [2.24, 2.45) is 0 Å². The standard InChI is InChI=1S/C8H20N.C6H12O4/c1-5-9(6-2,7-3)8-4;1-9-4-5-10-3-2-6(7)8/h5-8H2,1-4H3;2-5H2,1H3,(H,7,8)/q+1;/p-1. The second-order valence-corrected chi connectivity index (χ2v) is 4.33. The normalized spacial score (nSPS) is 10.8. The molecule has 0 N–H and O–H groups in total. The summed E-state index contributed by atoms with van der Waals surface area (Å²) >= 11 is 0. The monoisotopic (exact) mass is 277 g/mol. The fraction of sp³-hybridized carbons (Fsp3) is 0.929. The predicted octanol–water partition coefficient (Wildman–Crippen LogP) is 0.672. The van der Waals surface area contributed by atoms with Gasteiger partial charge in [-0.3, -0.25) is 0 Å². The summed E-state index contributed by atoms with van der Waals surface area (Å²) in [6.07, 6.45) is -0.0519. The Hall–Kier alpha value is -0.650. The molecule has 0 fully saturated rings. The van der Waals surface area contributed by atoms with E-state index in [0.29, 0.717) is 13.2 Å². The Morgan fingerprint density at radius 2 is 1.42 bits per heavy atom. The molecule has 0 radical (unpaired) electrons. The first-order valence-corrected chi connectivity index (χ1v) is 7.13. The van der Waals surface area contributed by atoms with Gasteiger partial charge < -0.3 is 23.9 Å². The van der Waals surface area contributed by atoms with Crippen molar-refractivity contribution in [3.05, 3.63) is 0 Å². The van der Waals surface area contributed by atoms with Gasteiger partial charge in [0.1, 0.15) is 0 Å². The largest absolute Gasteiger partial charge is 0.550 e.